The average Bonchev–Trinajstić information content (AvgIpc) is 3.19. The standard InChI is InChI=1S/C22H27ClN6O2/c23-18-5-1-2-6-19(18)29-16-17(15-20(29)30)21(31)24-9-4-10-27-11-13-28(14-12-27)22-25-7-3-8-26-22/h1-3,5-8,17H,4,9-16H2,(H,24,31). The molecular weight excluding hydrogens is 416 g/mol. The van der Waals surface area contributed by atoms with Crippen molar-refractivity contribution in [2.45, 2.75) is 12.8 Å². The van der Waals surface area contributed by atoms with E-state index in [2.05, 4.69) is 25.1 Å². The second-order valence-corrected chi connectivity index (χ2v) is 8.29. The van der Waals surface area contributed by atoms with Crippen LogP contribution in [0.5, 0.6) is 0 Å². The number of carbonyl (C=O) groups is 2. The molecule has 1 N–H and O–H groups in total. The number of hydrogen-bond donors (Lipinski definition) is 1. The molecule has 0 aliphatic carbocycles. The minimum absolute atomic E-state index is 0.0612. The highest BCUT2D eigenvalue weighted by Crippen LogP contribution is 2.31. The number of rotatable bonds is 7. The first-order valence-electron chi connectivity index (χ1n) is 10.7. The molecule has 31 heavy (non-hydrogen) atoms. The van der Waals surface area contributed by atoms with Gasteiger partial charge in [-0.15, -0.1) is 0 Å². The number of benzene rings is 1. The van der Waals surface area contributed by atoms with Gasteiger partial charge in [-0.05, 0) is 31.2 Å². The van der Waals surface area contributed by atoms with Crippen molar-refractivity contribution in [2.75, 3.05) is 55.6 Å². The summed E-state index contributed by atoms with van der Waals surface area (Å²) in [5, 5.41) is 3.52. The second-order valence-electron chi connectivity index (χ2n) is 7.88. The molecule has 2 aliphatic rings. The molecule has 2 aliphatic heterocycles. The Labute approximate surface area is 187 Å². The average molecular weight is 443 g/mol. The topological polar surface area (TPSA) is 81.7 Å². The molecule has 2 fully saturated rings. The van der Waals surface area contributed by atoms with Crippen LogP contribution in [-0.2, 0) is 9.59 Å². The number of piperazine rings is 1. The van der Waals surface area contributed by atoms with Gasteiger partial charge in [0, 0.05) is 58.1 Å². The molecule has 0 spiro atoms. The Balaban J connectivity index is 1.16. The first-order valence-corrected chi connectivity index (χ1v) is 11.1. The summed E-state index contributed by atoms with van der Waals surface area (Å²) in [5.41, 5.74) is 0.671. The Morgan fingerprint density at radius 2 is 1.84 bits per heavy atom. The summed E-state index contributed by atoms with van der Waals surface area (Å²) >= 11 is 6.21. The van der Waals surface area contributed by atoms with Gasteiger partial charge in [-0.1, -0.05) is 23.7 Å². The van der Waals surface area contributed by atoms with Crippen molar-refractivity contribution >= 4 is 35.1 Å². The fourth-order valence-corrected chi connectivity index (χ4v) is 4.31. The molecule has 1 aromatic heterocycles. The summed E-state index contributed by atoms with van der Waals surface area (Å²) in [6.07, 6.45) is 4.63. The largest absolute Gasteiger partial charge is 0.356 e. The van der Waals surface area contributed by atoms with Crippen molar-refractivity contribution in [3.05, 3.63) is 47.7 Å². The van der Waals surface area contributed by atoms with Crippen molar-refractivity contribution < 1.29 is 9.59 Å². The number of anilines is 2. The molecule has 8 nitrogen and oxygen atoms in total. The van der Waals surface area contributed by atoms with E-state index in [1.807, 2.05) is 24.3 Å². The summed E-state index contributed by atoms with van der Waals surface area (Å²) < 4.78 is 0. The van der Waals surface area contributed by atoms with Crippen LogP contribution >= 0.6 is 11.6 Å². The third kappa shape index (κ3) is 5.32. The molecule has 1 atom stereocenters. The number of nitrogens with zero attached hydrogens (tertiary/aromatic N) is 5. The Morgan fingerprint density at radius 3 is 2.58 bits per heavy atom. The van der Waals surface area contributed by atoms with Gasteiger partial charge in [-0.25, -0.2) is 9.97 Å². The van der Waals surface area contributed by atoms with Gasteiger partial charge in [0.1, 0.15) is 0 Å². The van der Waals surface area contributed by atoms with Crippen LogP contribution in [0.4, 0.5) is 11.6 Å². The maximum atomic E-state index is 12.5. The van der Waals surface area contributed by atoms with E-state index in [9.17, 15) is 9.59 Å². The highest BCUT2D eigenvalue weighted by Gasteiger charge is 2.35. The van der Waals surface area contributed by atoms with Gasteiger partial charge in [0.25, 0.3) is 0 Å². The van der Waals surface area contributed by atoms with Crippen LogP contribution in [-0.4, -0.2) is 72.5 Å². The smallest absolute Gasteiger partial charge is 0.227 e. The summed E-state index contributed by atoms with van der Waals surface area (Å²) in [6.45, 7) is 5.62. The van der Waals surface area contributed by atoms with Crippen LogP contribution in [0.3, 0.4) is 0 Å². The molecule has 1 unspecified atom stereocenters. The minimum Gasteiger partial charge on any atom is -0.356 e. The highest BCUT2D eigenvalue weighted by atomic mass is 35.5. The van der Waals surface area contributed by atoms with E-state index in [1.54, 1.807) is 23.4 Å². The summed E-state index contributed by atoms with van der Waals surface area (Å²) in [7, 11) is 0. The fourth-order valence-electron chi connectivity index (χ4n) is 4.07. The summed E-state index contributed by atoms with van der Waals surface area (Å²) in [5.74, 6) is 0.326. The number of amides is 2. The van der Waals surface area contributed by atoms with Crippen LogP contribution in [0.1, 0.15) is 12.8 Å². The molecule has 2 saturated heterocycles. The molecule has 0 saturated carbocycles. The number of carbonyl (C=O) groups excluding carboxylic acids is 2. The molecule has 4 rings (SSSR count). The van der Waals surface area contributed by atoms with Gasteiger partial charge in [-0.3, -0.25) is 14.5 Å². The van der Waals surface area contributed by atoms with Crippen LogP contribution in [0.25, 0.3) is 0 Å². The van der Waals surface area contributed by atoms with Crippen molar-refractivity contribution in [1.82, 2.24) is 20.2 Å². The van der Waals surface area contributed by atoms with Gasteiger partial charge in [0.2, 0.25) is 17.8 Å². The number of nitrogens with one attached hydrogen (secondary N) is 1. The van der Waals surface area contributed by atoms with Crippen molar-refractivity contribution in [1.29, 1.82) is 0 Å². The Bertz CT molecular complexity index is 904. The van der Waals surface area contributed by atoms with Crippen molar-refractivity contribution in [3.8, 4) is 0 Å². The fraction of sp³-hybridized carbons (Fsp3) is 0.455. The Kier molecular flexibility index (Phi) is 6.99. The zero-order valence-corrected chi connectivity index (χ0v) is 18.2. The molecule has 0 radical (unpaired) electrons. The molecular formula is C22H27ClN6O2. The van der Waals surface area contributed by atoms with E-state index in [1.165, 1.54) is 0 Å². The summed E-state index contributed by atoms with van der Waals surface area (Å²) in [6, 6.07) is 9.05. The van der Waals surface area contributed by atoms with Crippen LogP contribution < -0.4 is 15.1 Å². The third-order valence-electron chi connectivity index (χ3n) is 5.80. The Hall–Kier alpha value is -2.71. The molecule has 0 bridgehead atoms. The minimum atomic E-state index is -0.335. The molecule has 164 valence electrons. The van der Waals surface area contributed by atoms with Gasteiger partial charge in [0.05, 0.1) is 16.6 Å². The van der Waals surface area contributed by atoms with Crippen molar-refractivity contribution in [3.63, 3.8) is 0 Å². The van der Waals surface area contributed by atoms with Gasteiger partial charge >= 0.3 is 0 Å². The zero-order chi connectivity index (χ0) is 21.6. The van der Waals surface area contributed by atoms with E-state index in [0.29, 0.717) is 23.8 Å². The third-order valence-corrected chi connectivity index (χ3v) is 6.12. The first kappa shape index (κ1) is 21.5. The lowest BCUT2D eigenvalue weighted by Gasteiger charge is -2.34. The molecule has 1 aromatic carbocycles. The number of halogens is 1. The highest BCUT2D eigenvalue weighted by molar-refractivity contribution is 6.33. The maximum absolute atomic E-state index is 12.5. The monoisotopic (exact) mass is 442 g/mol. The predicted molar refractivity (Wildman–Crippen MR) is 120 cm³/mol. The molecule has 2 amide bonds. The number of para-hydroxylation sites is 1. The van der Waals surface area contributed by atoms with Crippen LogP contribution in [0.2, 0.25) is 5.02 Å². The van der Waals surface area contributed by atoms with Crippen LogP contribution in [0, 0.1) is 5.92 Å². The lowest BCUT2D eigenvalue weighted by Crippen LogP contribution is -2.47. The predicted octanol–water partition coefficient (Wildman–Crippen LogP) is 1.81. The van der Waals surface area contributed by atoms with E-state index >= 15 is 0 Å². The SMILES string of the molecule is O=C(NCCCN1CCN(c2ncccn2)CC1)C1CC(=O)N(c2ccccc2Cl)C1. The maximum Gasteiger partial charge on any atom is 0.227 e. The molecule has 2 aromatic rings. The lowest BCUT2D eigenvalue weighted by atomic mass is 10.1. The number of aromatic nitrogens is 2. The van der Waals surface area contributed by atoms with E-state index < -0.39 is 0 Å². The van der Waals surface area contributed by atoms with Gasteiger partial charge in [0.15, 0.2) is 0 Å². The van der Waals surface area contributed by atoms with E-state index in [4.69, 9.17) is 11.6 Å². The molecule has 9 heteroatoms. The van der Waals surface area contributed by atoms with E-state index in [-0.39, 0.29) is 24.2 Å². The molecule has 3 heterocycles. The normalized spacial score (nSPS) is 19.6. The Morgan fingerprint density at radius 1 is 1.10 bits per heavy atom. The van der Waals surface area contributed by atoms with Crippen molar-refractivity contribution in [2.24, 2.45) is 5.92 Å². The number of hydrogen-bond acceptors (Lipinski definition) is 6. The lowest BCUT2D eigenvalue weighted by molar-refractivity contribution is -0.126. The van der Waals surface area contributed by atoms with Gasteiger partial charge in [-0.2, -0.15) is 0 Å². The zero-order valence-electron chi connectivity index (χ0n) is 17.4. The second kappa shape index (κ2) is 10.1. The quantitative estimate of drug-likeness (QED) is 0.658. The first-order chi connectivity index (χ1) is 15.1. The van der Waals surface area contributed by atoms with Gasteiger partial charge < -0.3 is 15.1 Å². The summed E-state index contributed by atoms with van der Waals surface area (Å²) in [4.78, 5) is 39.7. The van der Waals surface area contributed by atoms with Crippen LogP contribution in [0.15, 0.2) is 42.7 Å². The van der Waals surface area contributed by atoms with E-state index in [0.717, 1.165) is 45.1 Å².